The molecule has 2 aromatic heterocycles. The fourth-order valence-corrected chi connectivity index (χ4v) is 1.86. The molecule has 0 fully saturated rings. The third-order valence-electron chi connectivity index (χ3n) is 3.03. The van der Waals surface area contributed by atoms with Gasteiger partial charge in [-0.25, -0.2) is 9.97 Å². The first-order chi connectivity index (χ1) is 12.3. The highest BCUT2D eigenvalue weighted by molar-refractivity contribution is 5.95. The lowest BCUT2D eigenvalue weighted by molar-refractivity contribution is -0.167. The zero-order valence-corrected chi connectivity index (χ0v) is 13.9. The van der Waals surface area contributed by atoms with E-state index in [0.29, 0.717) is 17.9 Å². The Morgan fingerprint density at radius 2 is 2.04 bits per heavy atom. The summed E-state index contributed by atoms with van der Waals surface area (Å²) in [7, 11) is 1.36. The first-order valence-electron chi connectivity index (χ1n) is 7.48. The maximum atomic E-state index is 12.5. The molecule has 136 valence electrons. The molecule has 0 radical (unpaired) electrons. The lowest BCUT2D eigenvalue weighted by atomic mass is 10.2. The minimum absolute atomic E-state index is 0.0521. The molecule has 0 unspecified atom stereocenters. The smallest absolute Gasteiger partial charge is 0.471 e. The predicted octanol–water partition coefficient (Wildman–Crippen LogP) is 2.82. The Morgan fingerprint density at radius 1 is 1.27 bits per heavy atom. The quantitative estimate of drug-likeness (QED) is 0.816. The van der Waals surface area contributed by atoms with Crippen LogP contribution in [0, 0.1) is 11.8 Å². The van der Waals surface area contributed by atoms with Gasteiger partial charge in [0.15, 0.2) is 0 Å². The molecule has 0 saturated heterocycles. The number of aromatic nitrogens is 2. The van der Waals surface area contributed by atoms with Gasteiger partial charge in [0, 0.05) is 24.4 Å². The van der Waals surface area contributed by atoms with Crippen LogP contribution in [0.5, 0.6) is 5.88 Å². The minimum Gasteiger partial charge on any atom is -0.481 e. The number of pyridine rings is 2. The van der Waals surface area contributed by atoms with Crippen LogP contribution in [0.4, 0.5) is 24.7 Å². The van der Waals surface area contributed by atoms with Crippen molar-refractivity contribution in [1.29, 1.82) is 0 Å². The van der Waals surface area contributed by atoms with Crippen molar-refractivity contribution in [3.05, 3.63) is 41.7 Å². The summed E-state index contributed by atoms with van der Waals surface area (Å²) in [5.74, 6) is 4.10. The Kier molecular flexibility index (Phi) is 6.01. The second-order valence-corrected chi connectivity index (χ2v) is 4.91. The molecule has 1 amide bonds. The normalized spacial score (nSPS) is 10.5. The Labute approximate surface area is 147 Å². The Hall–Kier alpha value is -3.28. The third-order valence-corrected chi connectivity index (χ3v) is 3.03. The van der Waals surface area contributed by atoms with Crippen molar-refractivity contribution in [2.24, 2.45) is 0 Å². The van der Waals surface area contributed by atoms with Crippen molar-refractivity contribution < 1.29 is 22.7 Å². The van der Waals surface area contributed by atoms with E-state index in [2.05, 4.69) is 27.1 Å². The molecule has 2 rings (SSSR count). The van der Waals surface area contributed by atoms with Crippen molar-refractivity contribution in [2.45, 2.75) is 13.1 Å². The average molecular weight is 364 g/mol. The van der Waals surface area contributed by atoms with Crippen LogP contribution in [0.25, 0.3) is 0 Å². The lowest BCUT2D eigenvalue weighted by Crippen LogP contribution is -2.30. The summed E-state index contributed by atoms with van der Waals surface area (Å²) in [5.41, 5.74) is 0.360. The van der Waals surface area contributed by atoms with Gasteiger partial charge < -0.3 is 15.4 Å². The van der Waals surface area contributed by atoms with Gasteiger partial charge in [0.1, 0.15) is 11.5 Å². The summed E-state index contributed by atoms with van der Waals surface area (Å²) >= 11 is 0. The van der Waals surface area contributed by atoms with E-state index in [1.54, 1.807) is 23.6 Å². The summed E-state index contributed by atoms with van der Waals surface area (Å²) < 4.78 is 42.4. The van der Waals surface area contributed by atoms with Gasteiger partial charge in [-0.05, 0) is 31.0 Å². The fourth-order valence-electron chi connectivity index (χ4n) is 1.86. The van der Waals surface area contributed by atoms with Crippen molar-refractivity contribution >= 4 is 17.4 Å². The summed E-state index contributed by atoms with van der Waals surface area (Å²) in [6, 6.07) is 5.90. The Balaban J connectivity index is 2.36. The number of carbonyl (C=O) groups excluding carboxylic acids is 1. The first kappa shape index (κ1) is 19.1. The van der Waals surface area contributed by atoms with E-state index in [1.165, 1.54) is 19.2 Å². The number of hydrogen-bond donors (Lipinski definition) is 2. The first-order valence-corrected chi connectivity index (χ1v) is 7.48. The number of nitrogens with one attached hydrogen (secondary N) is 2. The molecule has 0 spiro atoms. The van der Waals surface area contributed by atoms with E-state index in [1.807, 2.05) is 6.92 Å². The molecule has 2 aromatic rings. The number of amides is 1. The molecule has 0 aliphatic heterocycles. The molecule has 0 bridgehead atoms. The minimum atomic E-state index is -5.02. The number of carbonyl (C=O) groups is 1. The highest BCUT2D eigenvalue weighted by Crippen LogP contribution is 2.22. The molecule has 2 heterocycles. The molecule has 0 aliphatic carbocycles. The van der Waals surface area contributed by atoms with Crippen LogP contribution < -0.4 is 15.4 Å². The molecule has 6 nitrogen and oxygen atoms in total. The molecule has 0 aliphatic rings. The number of ether oxygens (including phenoxy) is 1. The van der Waals surface area contributed by atoms with E-state index in [4.69, 9.17) is 4.74 Å². The summed E-state index contributed by atoms with van der Waals surface area (Å²) in [6.07, 6.45) is -3.47. The van der Waals surface area contributed by atoms with Crippen molar-refractivity contribution in [3.8, 4) is 17.7 Å². The van der Waals surface area contributed by atoms with Gasteiger partial charge in [0.2, 0.25) is 5.88 Å². The number of hydrogen-bond acceptors (Lipinski definition) is 5. The number of halogens is 3. The van der Waals surface area contributed by atoms with Crippen LogP contribution in [0.15, 0.2) is 30.5 Å². The van der Waals surface area contributed by atoms with Crippen molar-refractivity contribution in [1.82, 2.24) is 9.97 Å². The second-order valence-electron chi connectivity index (χ2n) is 4.91. The standard InChI is InChI=1S/C17H15F3N4O2/c1-3-21-14-10-11(8-9-22-14)4-5-12-13(6-7-15(23-12)26-2)24-16(25)17(18,19)20/h6-10H,3H2,1-2H3,(H,21,22)(H,24,25). The predicted molar refractivity (Wildman–Crippen MR) is 89.9 cm³/mol. The zero-order chi connectivity index (χ0) is 19.2. The van der Waals surface area contributed by atoms with E-state index < -0.39 is 12.1 Å². The van der Waals surface area contributed by atoms with E-state index >= 15 is 0 Å². The molecule has 0 aromatic carbocycles. The molecule has 2 N–H and O–H groups in total. The topological polar surface area (TPSA) is 76.1 Å². The van der Waals surface area contributed by atoms with Crippen LogP contribution in [-0.4, -0.2) is 35.7 Å². The molecule has 0 saturated carbocycles. The van der Waals surface area contributed by atoms with E-state index in [0.717, 1.165) is 0 Å². The monoisotopic (exact) mass is 364 g/mol. The van der Waals surface area contributed by atoms with Gasteiger partial charge in [-0.15, -0.1) is 0 Å². The number of alkyl halides is 3. The summed E-state index contributed by atoms with van der Waals surface area (Å²) in [5, 5.41) is 4.78. The maximum absolute atomic E-state index is 12.5. The van der Waals surface area contributed by atoms with Gasteiger partial charge in [-0.3, -0.25) is 4.79 Å². The number of nitrogens with zero attached hydrogens (tertiary/aromatic N) is 2. The number of rotatable bonds is 4. The Morgan fingerprint density at radius 3 is 2.69 bits per heavy atom. The largest absolute Gasteiger partial charge is 0.481 e. The highest BCUT2D eigenvalue weighted by Gasteiger charge is 2.39. The third kappa shape index (κ3) is 5.11. The maximum Gasteiger partial charge on any atom is 0.471 e. The molecular weight excluding hydrogens is 349 g/mol. The van der Waals surface area contributed by atoms with E-state index in [-0.39, 0.29) is 17.3 Å². The van der Waals surface area contributed by atoms with Gasteiger partial charge in [0.05, 0.1) is 12.8 Å². The Bertz CT molecular complexity index is 857. The van der Waals surface area contributed by atoms with Crippen LogP contribution in [0.2, 0.25) is 0 Å². The number of methoxy groups -OCH3 is 1. The number of anilines is 2. The summed E-state index contributed by atoms with van der Waals surface area (Å²) in [6.45, 7) is 2.59. The van der Waals surface area contributed by atoms with Crippen LogP contribution in [0.1, 0.15) is 18.2 Å². The van der Waals surface area contributed by atoms with Gasteiger partial charge in [0.25, 0.3) is 0 Å². The SMILES string of the molecule is CCNc1cc(C#Cc2nc(OC)ccc2NC(=O)C(F)(F)F)ccn1. The van der Waals surface area contributed by atoms with Gasteiger partial charge >= 0.3 is 12.1 Å². The molecule has 9 heteroatoms. The average Bonchev–Trinajstić information content (AvgIpc) is 2.60. The molecular formula is C17H15F3N4O2. The zero-order valence-electron chi connectivity index (χ0n) is 13.9. The molecule has 26 heavy (non-hydrogen) atoms. The second kappa shape index (κ2) is 8.20. The van der Waals surface area contributed by atoms with Crippen molar-refractivity contribution in [2.75, 3.05) is 24.3 Å². The van der Waals surface area contributed by atoms with Gasteiger partial charge in [-0.1, -0.05) is 5.92 Å². The fraction of sp³-hybridized carbons (Fsp3) is 0.235. The molecule has 0 atom stereocenters. The summed E-state index contributed by atoms with van der Waals surface area (Å²) in [4.78, 5) is 19.3. The van der Waals surface area contributed by atoms with Crippen LogP contribution >= 0.6 is 0 Å². The van der Waals surface area contributed by atoms with E-state index in [9.17, 15) is 18.0 Å². The lowest BCUT2D eigenvalue weighted by Gasteiger charge is -2.10. The highest BCUT2D eigenvalue weighted by atomic mass is 19.4. The van der Waals surface area contributed by atoms with Crippen molar-refractivity contribution in [3.63, 3.8) is 0 Å². The van der Waals surface area contributed by atoms with Crippen LogP contribution in [-0.2, 0) is 4.79 Å². The van der Waals surface area contributed by atoms with Crippen LogP contribution in [0.3, 0.4) is 0 Å². The van der Waals surface area contributed by atoms with Gasteiger partial charge in [-0.2, -0.15) is 13.2 Å².